The first-order valence-electron chi connectivity index (χ1n) is 6.00. The molecule has 0 spiro atoms. The van der Waals surface area contributed by atoms with Crippen LogP contribution in [0, 0.1) is 0 Å². The molecule has 7 heteroatoms. The van der Waals surface area contributed by atoms with Gasteiger partial charge < -0.3 is 14.9 Å². The number of carboxylic acids is 1. The first-order chi connectivity index (χ1) is 8.69. The zero-order valence-electron chi connectivity index (χ0n) is 10.5. The minimum Gasteiger partial charge on any atom is -0.481 e. The number of carbonyl (C=O) groups is 1. The number of aromatic nitrogens is 3. The molecule has 0 bridgehead atoms. The Bertz CT molecular complexity index is 378. The highest BCUT2D eigenvalue weighted by Gasteiger charge is 2.14. The van der Waals surface area contributed by atoms with E-state index >= 15 is 0 Å². The van der Waals surface area contributed by atoms with Crippen LogP contribution in [0.3, 0.4) is 0 Å². The summed E-state index contributed by atoms with van der Waals surface area (Å²) in [6.07, 6.45) is 1.54. The fraction of sp³-hybridized carbons (Fsp3) is 0.727. The number of ether oxygens (including phenoxy) is 1. The largest absolute Gasteiger partial charge is 0.481 e. The van der Waals surface area contributed by atoms with Gasteiger partial charge in [-0.15, -0.1) is 5.10 Å². The standard InChI is InChI=1S/C11H19N3O4/c1-2-3-10-9(8-11(16)17)12-13-14(10)4-6-18-7-5-15/h15H,2-8H2,1H3,(H,16,17). The van der Waals surface area contributed by atoms with E-state index in [9.17, 15) is 4.79 Å². The average Bonchev–Trinajstić information content (AvgIpc) is 2.68. The Balaban J connectivity index is 2.65. The maximum Gasteiger partial charge on any atom is 0.309 e. The van der Waals surface area contributed by atoms with Crippen LogP contribution >= 0.6 is 0 Å². The second-order valence-electron chi connectivity index (χ2n) is 3.86. The molecule has 0 atom stereocenters. The zero-order valence-corrected chi connectivity index (χ0v) is 10.5. The van der Waals surface area contributed by atoms with Gasteiger partial charge in [0.25, 0.3) is 0 Å². The van der Waals surface area contributed by atoms with Gasteiger partial charge in [-0.3, -0.25) is 4.79 Å². The maximum atomic E-state index is 10.7. The predicted octanol–water partition coefficient (Wildman–Crippen LogP) is -0.133. The first-order valence-corrected chi connectivity index (χ1v) is 6.00. The Morgan fingerprint density at radius 2 is 2.22 bits per heavy atom. The van der Waals surface area contributed by atoms with Crippen LogP contribution in [0.5, 0.6) is 0 Å². The molecule has 0 fully saturated rings. The summed E-state index contributed by atoms with van der Waals surface area (Å²) in [4.78, 5) is 10.7. The van der Waals surface area contributed by atoms with Crippen molar-refractivity contribution in [3.05, 3.63) is 11.4 Å². The Morgan fingerprint density at radius 1 is 1.44 bits per heavy atom. The van der Waals surface area contributed by atoms with Gasteiger partial charge in [-0.25, -0.2) is 4.68 Å². The van der Waals surface area contributed by atoms with E-state index in [1.165, 1.54) is 0 Å². The van der Waals surface area contributed by atoms with Crippen molar-refractivity contribution in [1.82, 2.24) is 15.0 Å². The van der Waals surface area contributed by atoms with E-state index in [2.05, 4.69) is 10.3 Å². The van der Waals surface area contributed by atoms with Crippen molar-refractivity contribution < 1.29 is 19.7 Å². The molecule has 102 valence electrons. The van der Waals surface area contributed by atoms with E-state index in [4.69, 9.17) is 14.9 Å². The van der Waals surface area contributed by atoms with Crippen LogP contribution in [-0.2, 0) is 28.9 Å². The van der Waals surface area contributed by atoms with E-state index < -0.39 is 5.97 Å². The lowest BCUT2D eigenvalue weighted by atomic mass is 10.1. The van der Waals surface area contributed by atoms with Crippen molar-refractivity contribution in [2.24, 2.45) is 0 Å². The molecule has 1 rings (SSSR count). The van der Waals surface area contributed by atoms with Gasteiger partial charge in [0.15, 0.2) is 0 Å². The van der Waals surface area contributed by atoms with E-state index in [-0.39, 0.29) is 13.0 Å². The third-order valence-electron chi connectivity index (χ3n) is 2.41. The zero-order chi connectivity index (χ0) is 13.4. The Kier molecular flexibility index (Phi) is 6.31. The molecule has 0 saturated heterocycles. The number of aliphatic hydroxyl groups excluding tert-OH is 1. The van der Waals surface area contributed by atoms with Crippen LogP contribution in [0.25, 0.3) is 0 Å². The van der Waals surface area contributed by atoms with Gasteiger partial charge in [-0.2, -0.15) is 0 Å². The number of rotatable bonds is 9. The fourth-order valence-electron chi connectivity index (χ4n) is 1.66. The van der Waals surface area contributed by atoms with Gasteiger partial charge in [0.1, 0.15) is 0 Å². The van der Waals surface area contributed by atoms with Gasteiger partial charge in [-0.05, 0) is 6.42 Å². The van der Waals surface area contributed by atoms with Crippen LogP contribution in [0.15, 0.2) is 0 Å². The predicted molar refractivity (Wildman–Crippen MR) is 63.3 cm³/mol. The molecule has 0 aromatic carbocycles. The molecule has 1 aromatic rings. The third kappa shape index (κ3) is 4.42. The molecular weight excluding hydrogens is 238 g/mol. The number of aliphatic carboxylic acids is 1. The molecule has 0 aliphatic heterocycles. The summed E-state index contributed by atoms with van der Waals surface area (Å²) in [7, 11) is 0. The highest BCUT2D eigenvalue weighted by atomic mass is 16.5. The van der Waals surface area contributed by atoms with Crippen molar-refractivity contribution in [2.45, 2.75) is 32.7 Å². The van der Waals surface area contributed by atoms with Crippen LogP contribution in [0.4, 0.5) is 0 Å². The van der Waals surface area contributed by atoms with Crippen LogP contribution in [0.2, 0.25) is 0 Å². The number of hydrogen-bond acceptors (Lipinski definition) is 5. The molecule has 2 N–H and O–H groups in total. The highest BCUT2D eigenvalue weighted by Crippen LogP contribution is 2.09. The van der Waals surface area contributed by atoms with Gasteiger partial charge >= 0.3 is 5.97 Å². The molecule has 0 amide bonds. The average molecular weight is 257 g/mol. The summed E-state index contributed by atoms with van der Waals surface area (Å²) in [6, 6.07) is 0. The molecule has 1 heterocycles. The highest BCUT2D eigenvalue weighted by molar-refractivity contribution is 5.69. The van der Waals surface area contributed by atoms with Gasteiger partial charge in [-0.1, -0.05) is 18.6 Å². The summed E-state index contributed by atoms with van der Waals surface area (Å²) < 4.78 is 6.84. The summed E-state index contributed by atoms with van der Waals surface area (Å²) in [6.45, 7) is 3.24. The molecule has 0 radical (unpaired) electrons. The van der Waals surface area contributed by atoms with Crippen molar-refractivity contribution in [3.63, 3.8) is 0 Å². The fourth-order valence-corrected chi connectivity index (χ4v) is 1.66. The normalized spacial score (nSPS) is 10.8. The molecule has 7 nitrogen and oxygen atoms in total. The first kappa shape index (κ1) is 14.6. The number of hydrogen-bond donors (Lipinski definition) is 2. The molecule has 1 aromatic heterocycles. The van der Waals surface area contributed by atoms with Gasteiger partial charge in [0.05, 0.1) is 44.2 Å². The second-order valence-corrected chi connectivity index (χ2v) is 3.86. The van der Waals surface area contributed by atoms with E-state index in [0.717, 1.165) is 18.5 Å². The third-order valence-corrected chi connectivity index (χ3v) is 2.41. The van der Waals surface area contributed by atoms with Crippen LogP contribution in [0.1, 0.15) is 24.7 Å². The van der Waals surface area contributed by atoms with Gasteiger partial charge in [0, 0.05) is 0 Å². The Hall–Kier alpha value is -1.47. The molecule has 0 aliphatic rings. The second kappa shape index (κ2) is 7.78. The lowest BCUT2D eigenvalue weighted by Crippen LogP contribution is -2.13. The minimum absolute atomic E-state index is 0.0105. The van der Waals surface area contributed by atoms with E-state index in [0.29, 0.717) is 25.5 Å². The molecular formula is C11H19N3O4. The smallest absolute Gasteiger partial charge is 0.309 e. The summed E-state index contributed by atoms with van der Waals surface area (Å²) in [5.41, 5.74) is 1.37. The summed E-state index contributed by atoms with van der Waals surface area (Å²) in [5, 5.41) is 25.2. The summed E-state index contributed by atoms with van der Waals surface area (Å²) in [5.74, 6) is -0.907. The Morgan fingerprint density at radius 3 is 2.83 bits per heavy atom. The topological polar surface area (TPSA) is 97.5 Å². The summed E-state index contributed by atoms with van der Waals surface area (Å²) >= 11 is 0. The monoisotopic (exact) mass is 257 g/mol. The van der Waals surface area contributed by atoms with Crippen LogP contribution in [-0.4, -0.2) is 51.0 Å². The quantitative estimate of drug-likeness (QED) is 0.598. The van der Waals surface area contributed by atoms with E-state index in [1.54, 1.807) is 4.68 Å². The number of nitrogens with zero attached hydrogens (tertiary/aromatic N) is 3. The van der Waals surface area contributed by atoms with Crippen molar-refractivity contribution in [1.29, 1.82) is 0 Å². The number of carboxylic acid groups (broad SMARTS) is 1. The maximum absolute atomic E-state index is 10.7. The SMILES string of the molecule is CCCc1c(CC(=O)O)nnn1CCOCCO. The van der Waals surface area contributed by atoms with Gasteiger partial charge in [0.2, 0.25) is 0 Å². The lowest BCUT2D eigenvalue weighted by molar-refractivity contribution is -0.136. The van der Waals surface area contributed by atoms with Crippen LogP contribution < -0.4 is 0 Å². The molecule has 0 aliphatic carbocycles. The van der Waals surface area contributed by atoms with Crippen molar-refractivity contribution in [3.8, 4) is 0 Å². The number of aliphatic hydroxyl groups is 1. The molecule has 0 unspecified atom stereocenters. The Labute approximate surface area is 105 Å². The van der Waals surface area contributed by atoms with E-state index in [1.807, 2.05) is 6.92 Å². The molecule has 18 heavy (non-hydrogen) atoms. The minimum atomic E-state index is -0.907. The van der Waals surface area contributed by atoms with Crippen molar-refractivity contribution in [2.75, 3.05) is 19.8 Å². The lowest BCUT2D eigenvalue weighted by Gasteiger charge is -2.07. The molecule has 0 saturated carbocycles. The van der Waals surface area contributed by atoms with Crippen molar-refractivity contribution >= 4 is 5.97 Å².